The third-order valence-electron chi connectivity index (χ3n) is 1.90. The summed E-state index contributed by atoms with van der Waals surface area (Å²) in [6, 6.07) is 6.11. The highest BCUT2D eigenvalue weighted by Gasteiger charge is 2.06. The van der Waals surface area contributed by atoms with Crippen molar-refractivity contribution in [2.45, 2.75) is 0 Å². The Bertz CT molecular complexity index is 427. The van der Waals surface area contributed by atoms with Crippen LogP contribution in [0.5, 0.6) is 0 Å². The Labute approximate surface area is 92.6 Å². The molecule has 0 aliphatic carbocycles. The van der Waals surface area contributed by atoms with Crippen molar-refractivity contribution in [3.05, 3.63) is 47.7 Å². The first-order valence-electron chi connectivity index (χ1n) is 4.62. The fourth-order valence-electron chi connectivity index (χ4n) is 1.12. The molecule has 0 aliphatic rings. The SMILES string of the molecule is NC(=O)c1cccc(C(=O)NCC=CO)c1. The zero-order valence-electron chi connectivity index (χ0n) is 8.51. The van der Waals surface area contributed by atoms with Gasteiger partial charge in [0.15, 0.2) is 0 Å². The molecule has 0 radical (unpaired) electrons. The number of aliphatic hydroxyl groups excluding tert-OH is 1. The van der Waals surface area contributed by atoms with E-state index in [0.717, 1.165) is 6.26 Å². The minimum atomic E-state index is -0.579. The van der Waals surface area contributed by atoms with Gasteiger partial charge >= 0.3 is 0 Å². The number of rotatable bonds is 4. The predicted molar refractivity (Wildman–Crippen MR) is 59.1 cm³/mol. The highest BCUT2D eigenvalue weighted by molar-refractivity contribution is 5.99. The zero-order valence-corrected chi connectivity index (χ0v) is 8.51. The largest absolute Gasteiger partial charge is 0.516 e. The number of benzene rings is 1. The van der Waals surface area contributed by atoms with Crippen LogP contribution in [0.3, 0.4) is 0 Å². The summed E-state index contributed by atoms with van der Waals surface area (Å²) in [5.74, 6) is -0.911. The molecule has 0 saturated heterocycles. The lowest BCUT2D eigenvalue weighted by atomic mass is 10.1. The molecule has 0 heterocycles. The maximum atomic E-state index is 11.5. The zero-order chi connectivity index (χ0) is 12.0. The Morgan fingerprint density at radius 3 is 2.69 bits per heavy atom. The molecule has 0 aromatic heterocycles. The van der Waals surface area contributed by atoms with E-state index in [0.29, 0.717) is 5.56 Å². The molecule has 0 saturated carbocycles. The average molecular weight is 220 g/mol. The molecule has 0 unspecified atom stereocenters. The van der Waals surface area contributed by atoms with E-state index in [-0.39, 0.29) is 18.0 Å². The molecule has 1 rings (SSSR count). The smallest absolute Gasteiger partial charge is 0.251 e. The van der Waals surface area contributed by atoms with Gasteiger partial charge in [-0.2, -0.15) is 0 Å². The molecule has 2 amide bonds. The van der Waals surface area contributed by atoms with Crippen LogP contribution >= 0.6 is 0 Å². The maximum absolute atomic E-state index is 11.5. The third-order valence-corrected chi connectivity index (χ3v) is 1.90. The fraction of sp³-hybridized carbons (Fsp3) is 0.0909. The van der Waals surface area contributed by atoms with E-state index in [1.807, 2.05) is 0 Å². The van der Waals surface area contributed by atoms with Crippen molar-refractivity contribution >= 4 is 11.8 Å². The summed E-state index contributed by atoms with van der Waals surface area (Å²) < 4.78 is 0. The predicted octanol–water partition coefficient (Wildman–Crippen LogP) is 0.587. The van der Waals surface area contributed by atoms with Crippen molar-refractivity contribution in [3.8, 4) is 0 Å². The summed E-state index contributed by atoms with van der Waals surface area (Å²) in [6.07, 6.45) is 2.23. The van der Waals surface area contributed by atoms with E-state index in [4.69, 9.17) is 10.8 Å². The topological polar surface area (TPSA) is 92.4 Å². The summed E-state index contributed by atoms with van der Waals surface area (Å²) in [6.45, 7) is 0.218. The van der Waals surface area contributed by atoms with Gasteiger partial charge in [-0.3, -0.25) is 9.59 Å². The molecule has 1 aromatic rings. The Morgan fingerprint density at radius 1 is 1.38 bits per heavy atom. The van der Waals surface area contributed by atoms with Gasteiger partial charge in [0, 0.05) is 17.7 Å². The van der Waals surface area contributed by atoms with E-state index < -0.39 is 5.91 Å². The Morgan fingerprint density at radius 2 is 2.06 bits per heavy atom. The number of amides is 2. The second-order valence-electron chi connectivity index (χ2n) is 3.04. The van der Waals surface area contributed by atoms with Crippen molar-refractivity contribution < 1.29 is 14.7 Å². The Hall–Kier alpha value is -2.30. The summed E-state index contributed by atoms with van der Waals surface area (Å²) in [7, 11) is 0. The van der Waals surface area contributed by atoms with E-state index in [9.17, 15) is 9.59 Å². The van der Waals surface area contributed by atoms with Gasteiger partial charge in [0.05, 0.1) is 6.26 Å². The van der Waals surface area contributed by atoms with Gasteiger partial charge in [-0.15, -0.1) is 0 Å². The number of carbonyl (C=O) groups excluding carboxylic acids is 2. The number of carbonyl (C=O) groups is 2. The molecule has 0 aliphatic heterocycles. The number of nitrogens with two attached hydrogens (primary N) is 1. The van der Waals surface area contributed by atoms with Crippen LogP contribution in [0.1, 0.15) is 20.7 Å². The molecule has 84 valence electrons. The van der Waals surface area contributed by atoms with Gasteiger partial charge in [-0.05, 0) is 24.3 Å². The van der Waals surface area contributed by atoms with Crippen molar-refractivity contribution in [2.24, 2.45) is 5.73 Å². The first-order valence-corrected chi connectivity index (χ1v) is 4.62. The molecule has 5 nitrogen and oxygen atoms in total. The highest BCUT2D eigenvalue weighted by Crippen LogP contribution is 2.04. The second-order valence-corrected chi connectivity index (χ2v) is 3.04. The first-order chi connectivity index (χ1) is 7.65. The van der Waals surface area contributed by atoms with E-state index in [1.54, 1.807) is 12.1 Å². The molecule has 16 heavy (non-hydrogen) atoms. The standard InChI is InChI=1S/C11H12N2O3/c12-10(15)8-3-1-4-9(7-8)11(16)13-5-2-6-14/h1-4,6-7,14H,5H2,(H2,12,15)(H,13,16). The van der Waals surface area contributed by atoms with Crippen LogP contribution < -0.4 is 11.1 Å². The van der Waals surface area contributed by atoms with Crippen LogP contribution in [0.2, 0.25) is 0 Å². The molecule has 0 bridgehead atoms. The van der Waals surface area contributed by atoms with E-state index in [1.165, 1.54) is 18.2 Å². The molecule has 0 spiro atoms. The number of primary amides is 1. The van der Waals surface area contributed by atoms with Crippen molar-refractivity contribution in [2.75, 3.05) is 6.54 Å². The van der Waals surface area contributed by atoms with Crippen molar-refractivity contribution in [1.29, 1.82) is 0 Å². The lowest BCUT2D eigenvalue weighted by Gasteiger charge is -2.03. The minimum absolute atomic E-state index is 0.218. The maximum Gasteiger partial charge on any atom is 0.251 e. The number of hydrogen-bond acceptors (Lipinski definition) is 3. The molecule has 0 atom stereocenters. The summed E-state index contributed by atoms with van der Waals surface area (Å²) in [5, 5.41) is 10.9. The lowest BCUT2D eigenvalue weighted by molar-refractivity contribution is 0.0958. The normalized spacial score (nSPS) is 10.2. The van der Waals surface area contributed by atoms with Gasteiger partial charge in [-0.1, -0.05) is 6.07 Å². The first kappa shape index (κ1) is 11.8. The molecular formula is C11H12N2O3. The molecular weight excluding hydrogens is 208 g/mol. The van der Waals surface area contributed by atoms with Crippen molar-refractivity contribution in [3.63, 3.8) is 0 Å². The van der Waals surface area contributed by atoms with Crippen LogP contribution in [0.15, 0.2) is 36.6 Å². The van der Waals surface area contributed by atoms with Crippen molar-refractivity contribution in [1.82, 2.24) is 5.32 Å². The van der Waals surface area contributed by atoms with E-state index in [2.05, 4.69) is 5.32 Å². The van der Waals surface area contributed by atoms with Gasteiger partial charge in [-0.25, -0.2) is 0 Å². The van der Waals surface area contributed by atoms with Gasteiger partial charge < -0.3 is 16.2 Å². The van der Waals surface area contributed by atoms with Crippen LogP contribution in [0, 0.1) is 0 Å². The molecule has 4 N–H and O–H groups in total. The van der Waals surface area contributed by atoms with Gasteiger partial charge in [0.2, 0.25) is 5.91 Å². The number of aliphatic hydroxyl groups is 1. The molecule has 1 aromatic carbocycles. The lowest BCUT2D eigenvalue weighted by Crippen LogP contribution is -2.23. The second kappa shape index (κ2) is 5.55. The molecule has 0 fully saturated rings. The van der Waals surface area contributed by atoms with Crippen LogP contribution in [0.25, 0.3) is 0 Å². The average Bonchev–Trinajstić information content (AvgIpc) is 2.29. The van der Waals surface area contributed by atoms with Crippen LogP contribution in [0.4, 0.5) is 0 Å². The summed E-state index contributed by atoms with van der Waals surface area (Å²) in [5.41, 5.74) is 5.72. The fourth-order valence-corrected chi connectivity index (χ4v) is 1.12. The quantitative estimate of drug-likeness (QED) is 0.648. The number of hydrogen-bond donors (Lipinski definition) is 3. The van der Waals surface area contributed by atoms with Gasteiger partial charge in [0.25, 0.3) is 5.91 Å². The summed E-state index contributed by atoms with van der Waals surface area (Å²) >= 11 is 0. The minimum Gasteiger partial charge on any atom is -0.516 e. The third kappa shape index (κ3) is 3.13. The van der Waals surface area contributed by atoms with Crippen LogP contribution in [-0.2, 0) is 0 Å². The monoisotopic (exact) mass is 220 g/mol. The van der Waals surface area contributed by atoms with Crippen LogP contribution in [-0.4, -0.2) is 23.5 Å². The highest BCUT2D eigenvalue weighted by atomic mass is 16.2. The number of nitrogens with one attached hydrogen (secondary N) is 1. The van der Waals surface area contributed by atoms with Gasteiger partial charge in [0.1, 0.15) is 0 Å². The van der Waals surface area contributed by atoms with E-state index >= 15 is 0 Å². The summed E-state index contributed by atoms with van der Waals surface area (Å²) in [4.78, 5) is 22.4. The molecule has 5 heteroatoms. The Balaban J connectivity index is 2.75. The Kier molecular flexibility index (Phi) is 4.08.